The van der Waals surface area contributed by atoms with Crippen LogP contribution in [0, 0.1) is 11.7 Å². The Balaban J connectivity index is 1.18. The van der Waals surface area contributed by atoms with Gasteiger partial charge in [0.1, 0.15) is 11.4 Å². The summed E-state index contributed by atoms with van der Waals surface area (Å²) in [5, 5.41) is 3.18. The molecular weight excluding hydrogens is 385 g/mol. The van der Waals surface area contributed by atoms with Crippen LogP contribution in [0.25, 0.3) is 0 Å². The van der Waals surface area contributed by atoms with Gasteiger partial charge in [-0.3, -0.25) is 9.78 Å². The predicted molar refractivity (Wildman–Crippen MR) is 108 cm³/mol. The van der Waals surface area contributed by atoms with Gasteiger partial charge in [0.2, 0.25) is 5.91 Å². The van der Waals surface area contributed by atoms with Gasteiger partial charge in [0.25, 0.3) is 0 Å². The SMILES string of the molecule is O=C1OC2(CCC(C(=O)NC3CCN(c4cccc(F)c4)C3)CC2)c2cnccc21. The third kappa shape index (κ3) is 3.32. The number of rotatable bonds is 3. The molecule has 2 aromatic rings. The van der Waals surface area contributed by atoms with Crippen molar-refractivity contribution >= 4 is 17.6 Å². The van der Waals surface area contributed by atoms with E-state index in [1.165, 1.54) is 12.1 Å². The summed E-state index contributed by atoms with van der Waals surface area (Å²) in [4.78, 5) is 31.3. The molecule has 1 saturated carbocycles. The van der Waals surface area contributed by atoms with Gasteiger partial charge in [0.05, 0.1) is 5.56 Å². The minimum atomic E-state index is -0.626. The highest BCUT2D eigenvalue weighted by Gasteiger charge is 2.48. The molecule has 1 spiro atoms. The van der Waals surface area contributed by atoms with E-state index < -0.39 is 5.60 Å². The number of anilines is 1. The molecule has 1 aromatic carbocycles. The lowest BCUT2D eigenvalue weighted by atomic mass is 9.75. The first kappa shape index (κ1) is 19.0. The molecule has 5 rings (SSSR count). The maximum absolute atomic E-state index is 13.5. The number of aromatic nitrogens is 1. The van der Waals surface area contributed by atoms with Crippen molar-refractivity contribution in [1.29, 1.82) is 0 Å². The zero-order valence-corrected chi connectivity index (χ0v) is 16.6. The second-order valence-corrected chi connectivity index (χ2v) is 8.50. The number of hydrogen-bond donors (Lipinski definition) is 1. The number of halogens is 1. The van der Waals surface area contributed by atoms with Crippen molar-refractivity contribution < 1.29 is 18.7 Å². The third-order valence-corrected chi connectivity index (χ3v) is 6.69. The van der Waals surface area contributed by atoms with Gasteiger partial charge in [0.15, 0.2) is 0 Å². The number of fused-ring (bicyclic) bond motifs is 2. The lowest BCUT2D eigenvalue weighted by molar-refractivity contribution is -0.128. The molecule has 1 aliphatic carbocycles. The topological polar surface area (TPSA) is 71.5 Å². The fourth-order valence-electron chi connectivity index (χ4n) is 5.05. The lowest BCUT2D eigenvalue weighted by Gasteiger charge is -2.36. The van der Waals surface area contributed by atoms with Crippen molar-refractivity contribution in [1.82, 2.24) is 10.3 Å². The molecule has 3 aliphatic rings. The number of nitrogens with zero attached hydrogens (tertiary/aromatic N) is 2. The molecular formula is C23H24FN3O3. The van der Waals surface area contributed by atoms with E-state index in [0.717, 1.165) is 24.2 Å². The Labute approximate surface area is 174 Å². The summed E-state index contributed by atoms with van der Waals surface area (Å²) in [5.41, 5.74) is 1.67. The number of hydrogen-bond acceptors (Lipinski definition) is 5. The molecule has 7 heteroatoms. The molecule has 156 valence electrons. The fraction of sp³-hybridized carbons (Fsp3) is 0.435. The van der Waals surface area contributed by atoms with E-state index in [2.05, 4.69) is 15.2 Å². The highest BCUT2D eigenvalue weighted by Crippen LogP contribution is 2.47. The molecule has 1 atom stereocenters. The molecule has 1 aromatic heterocycles. The Morgan fingerprint density at radius 1 is 1.23 bits per heavy atom. The summed E-state index contributed by atoms with van der Waals surface area (Å²) < 4.78 is 19.2. The molecule has 6 nitrogen and oxygen atoms in total. The van der Waals surface area contributed by atoms with Gasteiger partial charge >= 0.3 is 5.97 Å². The number of benzene rings is 1. The minimum absolute atomic E-state index is 0.0610. The molecule has 3 heterocycles. The Hall–Kier alpha value is -2.96. The summed E-state index contributed by atoms with van der Waals surface area (Å²) in [6, 6.07) is 8.33. The maximum atomic E-state index is 13.5. The average molecular weight is 409 g/mol. The van der Waals surface area contributed by atoms with Crippen LogP contribution in [-0.4, -0.2) is 36.0 Å². The lowest BCUT2D eigenvalue weighted by Crippen LogP contribution is -2.43. The van der Waals surface area contributed by atoms with E-state index in [-0.39, 0.29) is 29.7 Å². The fourth-order valence-corrected chi connectivity index (χ4v) is 5.05. The zero-order valence-electron chi connectivity index (χ0n) is 16.6. The molecule has 30 heavy (non-hydrogen) atoms. The molecule has 1 amide bonds. The molecule has 1 unspecified atom stereocenters. The first-order valence-electron chi connectivity index (χ1n) is 10.5. The normalized spacial score (nSPS) is 27.8. The first-order chi connectivity index (χ1) is 14.5. The first-order valence-corrected chi connectivity index (χ1v) is 10.5. The van der Waals surface area contributed by atoms with E-state index in [1.54, 1.807) is 24.5 Å². The monoisotopic (exact) mass is 409 g/mol. The van der Waals surface area contributed by atoms with Crippen LogP contribution in [-0.2, 0) is 15.1 Å². The van der Waals surface area contributed by atoms with Crippen molar-refractivity contribution in [3.63, 3.8) is 0 Å². The van der Waals surface area contributed by atoms with E-state index in [4.69, 9.17) is 4.74 Å². The van der Waals surface area contributed by atoms with Gasteiger partial charge in [-0.05, 0) is 56.4 Å². The maximum Gasteiger partial charge on any atom is 0.339 e. The molecule has 1 saturated heterocycles. The van der Waals surface area contributed by atoms with Crippen LogP contribution in [0.3, 0.4) is 0 Å². The Kier molecular flexibility index (Phi) is 4.68. The van der Waals surface area contributed by atoms with Gasteiger partial charge in [-0.1, -0.05) is 6.07 Å². The second kappa shape index (κ2) is 7.38. The van der Waals surface area contributed by atoms with E-state index in [0.29, 0.717) is 37.8 Å². The second-order valence-electron chi connectivity index (χ2n) is 8.50. The Bertz CT molecular complexity index is 987. The van der Waals surface area contributed by atoms with Gasteiger partial charge in [-0.25, -0.2) is 9.18 Å². The highest BCUT2D eigenvalue weighted by molar-refractivity contribution is 5.94. The highest BCUT2D eigenvalue weighted by atomic mass is 19.1. The number of nitrogens with one attached hydrogen (secondary N) is 1. The quantitative estimate of drug-likeness (QED) is 0.789. The predicted octanol–water partition coefficient (Wildman–Crippen LogP) is 3.17. The van der Waals surface area contributed by atoms with E-state index in [1.807, 2.05) is 6.07 Å². The number of amides is 1. The van der Waals surface area contributed by atoms with Crippen LogP contribution in [0.5, 0.6) is 0 Å². The number of pyridine rings is 1. The number of esters is 1. The molecule has 0 bridgehead atoms. The number of ether oxygens (including phenoxy) is 1. The van der Waals surface area contributed by atoms with Crippen LogP contribution < -0.4 is 10.2 Å². The van der Waals surface area contributed by atoms with Gasteiger partial charge in [-0.2, -0.15) is 0 Å². The standard InChI is InChI=1S/C23H24FN3O3/c24-16-2-1-3-18(12-16)27-11-7-17(14-27)26-21(28)15-4-8-23(9-5-15)20-13-25-10-6-19(20)22(29)30-23/h1-3,6,10,12-13,15,17H,4-5,7-9,11,14H2,(H,26,28). The molecule has 0 radical (unpaired) electrons. The molecule has 1 N–H and O–H groups in total. The molecule has 2 fully saturated rings. The number of carbonyl (C=O) groups is 2. The van der Waals surface area contributed by atoms with Crippen LogP contribution in [0.1, 0.15) is 48.0 Å². The van der Waals surface area contributed by atoms with Crippen molar-refractivity contribution in [2.24, 2.45) is 5.92 Å². The van der Waals surface area contributed by atoms with Gasteiger partial charge in [-0.15, -0.1) is 0 Å². The summed E-state index contributed by atoms with van der Waals surface area (Å²) in [7, 11) is 0. The van der Waals surface area contributed by atoms with Crippen molar-refractivity contribution in [3.05, 3.63) is 59.7 Å². The summed E-state index contributed by atoms with van der Waals surface area (Å²) in [5.74, 6) is -0.566. The van der Waals surface area contributed by atoms with Crippen molar-refractivity contribution in [2.45, 2.75) is 43.7 Å². The van der Waals surface area contributed by atoms with Crippen LogP contribution in [0.15, 0.2) is 42.7 Å². The minimum Gasteiger partial charge on any atom is -0.450 e. The molecule has 2 aliphatic heterocycles. The van der Waals surface area contributed by atoms with Crippen molar-refractivity contribution in [2.75, 3.05) is 18.0 Å². The third-order valence-electron chi connectivity index (χ3n) is 6.69. The van der Waals surface area contributed by atoms with Crippen LogP contribution in [0.2, 0.25) is 0 Å². The summed E-state index contributed by atoms with van der Waals surface area (Å²) in [6.07, 6.45) is 6.79. The van der Waals surface area contributed by atoms with E-state index in [9.17, 15) is 14.0 Å². The largest absolute Gasteiger partial charge is 0.450 e. The Morgan fingerprint density at radius 2 is 2.07 bits per heavy atom. The number of carbonyl (C=O) groups excluding carboxylic acids is 2. The van der Waals surface area contributed by atoms with Gasteiger partial charge in [0, 0.05) is 48.7 Å². The average Bonchev–Trinajstić information content (AvgIpc) is 3.32. The van der Waals surface area contributed by atoms with E-state index >= 15 is 0 Å². The van der Waals surface area contributed by atoms with Crippen LogP contribution in [0.4, 0.5) is 10.1 Å². The summed E-state index contributed by atoms with van der Waals surface area (Å²) in [6.45, 7) is 1.48. The smallest absolute Gasteiger partial charge is 0.339 e. The zero-order chi connectivity index (χ0) is 20.7. The van der Waals surface area contributed by atoms with Crippen molar-refractivity contribution in [3.8, 4) is 0 Å². The van der Waals surface area contributed by atoms with Gasteiger partial charge < -0.3 is 15.0 Å². The van der Waals surface area contributed by atoms with Crippen LogP contribution >= 0.6 is 0 Å². The Morgan fingerprint density at radius 3 is 2.87 bits per heavy atom. The summed E-state index contributed by atoms with van der Waals surface area (Å²) >= 11 is 0.